The summed E-state index contributed by atoms with van der Waals surface area (Å²) in [6.45, 7) is 0. The Hall–Kier alpha value is -0.233. The molecular formula is C11H22O4Si. The van der Waals surface area contributed by atoms with Crippen molar-refractivity contribution in [3.05, 3.63) is 0 Å². The molecule has 1 fully saturated rings. The maximum atomic E-state index is 11.3. The van der Waals surface area contributed by atoms with Crippen LogP contribution in [0.3, 0.4) is 0 Å². The first kappa shape index (κ1) is 13.8. The molecule has 16 heavy (non-hydrogen) atoms. The summed E-state index contributed by atoms with van der Waals surface area (Å²) in [5.74, 6) is 0.893. The molecule has 0 saturated heterocycles. The highest BCUT2D eigenvalue weighted by molar-refractivity contribution is 6.60. The van der Waals surface area contributed by atoms with Crippen molar-refractivity contribution in [3.63, 3.8) is 0 Å². The van der Waals surface area contributed by atoms with Crippen molar-refractivity contribution in [3.8, 4) is 0 Å². The average Bonchev–Trinajstić information content (AvgIpc) is 2.32. The molecule has 0 aromatic carbocycles. The van der Waals surface area contributed by atoms with E-state index < -0.39 is 8.80 Å². The van der Waals surface area contributed by atoms with E-state index in [4.69, 9.17) is 13.3 Å². The molecule has 1 saturated carbocycles. The van der Waals surface area contributed by atoms with Gasteiger partial charge in [0, 0.05) is 40.2 Å². The van der Waals surface area contributed by atoms with Crippen LogP contribution in [0.15, 0.2) is 0 Å². The van der Waals surface area contributed by atoms with E-state index in [1.165, 1.54) is 0 Å². The van der Waals surface area contributed by atoms with Gasteiger partial charge in [-0.15, -0.1) is 0 Å². The molecule has 0 spiro atoms. The van der Waals surface area contributed by atoms with Crippen molar-refractivity contribution in [1.29, 1.82) is 0 Å². The molecule has 0 radical (unpaired) electrons. The number of hydrogen-bond acceptors (Lipinski definition) is 4. The van der Waals surface area contributed by atoms with Gasteiger partial charge in [-0.2, -0.15) is 0 Å². The summed E-state index contributed by atoms with van der Waals surface area (Å²) < 4.78 is 16.1. The van der Waals surface area contributed by atoms with Gasteiger partial charge in [-0.3, -0.25) is 4.79 Å². The monoisotopic (exact) mass is 246 g/mol. The lowest BCUT2D eigenvalue weighted by atomic mass is 9.87. The summed E-state index contributed by atoms with van der Waals surface area (Å²) in [5.41, 5.74) is 0. The average molecular weight is 246 g/mol. The first-order valence-corrected chi connectivity index (χ1v) is 7.76. The standard InChI is InChI=1S/C11H22O4Si/c1-13-16(14-2,15-3)8-7-10-5-4-6-11(12)9-10/h10H,4-9H2,1-3H3. The maximum Gasteiger partial charge on any atom is 0.500 e. The molecule has 0 amide bonds. The van der Waals surface area contributed by atoms with E-state index in [0.717, 1.165) is 38.1 Å². The van der Waals surface area contributed by atoms with Crippen LogP contribution in [0.2, 0.25) is 6.04 Å². The number of hydrogen-bond donors (Lipinski definition) is 0. The van der Waals surface area contributed by atoms with Crippen LogP contribution in [0.25, 0.3) is 0 Å². The molecule has 0 aromatic rings. The van der Waals surface area contributed by atoms with Gasteiger partial charge in [0.1, 0.15) is 5.78 Å². The van der Waals surface area contributed by atoms with Crippen LogP contribution >= 0.6 is 0 Å². The number of carbonyl (C=O) groups is 1. The summed E-state index contributed by atoms with van der Waals surface area (Å²) in [5, 5.41) is 0. The fraction of sp³-hybridized carbons (Fsp3) is 0.909. The third-order valence-corrected chi connectivity index (χ3v) is 6.14. The van der Waals surface area contributed by atoms with Gasteiger partial charge in [-0.05, 0) is 25.2 Å². The molecular weight excluding hydrogens is 224 g/mol. The summed E-state index contributed by atoms with van der Waals surface area (Å²) in [6.07, 6.45) is 4.63. The molecule has 1 atom stereocenters. The molecule has 94 valence electrons. The maximum absolute atomic E-state index is 11.3. The predicted octanol–water partition coefficient (Wildman–Crippen LogP) is 2.01. The Kier molecular flexibility index (Phi) is 5.61. The van der Waals surface area contributed by atoms with Gasteiger partial charge >= 0.3 is 8.80 Å². The number of carbonyl (C=O) groups excluding carboxylic acids is 1. The fourth-order valence-electron chi connectivity index (χ4n) is 2.30. The van der Waals surface area contributed by atoms with Crippen molar-refractivity contribution in [1.82, 2.24) is 0 Å². The van der Waals surface area contributed by atoms with Crippen LogP contribution in [0.5, 0.6) is 0 Å². The third-order valence-electron chi connectivity index (χ3n) is 3.38. The fourth-order valence-corrected chi connectivity index (χ4v) is 4.17. The Morgan fingerprint density at radius 2 is 1.88 bits per heavy atom. The van der Waals surface area contributed by atoms with Crippen LogP contribution in [0.4, 0.5) is 0 Å². The molecule has 0 heterocycles. The first-order chi connectivity index (χ1) is 7.65. The van der Waals surface area contributed by atoms with Gasteiger partial charge in [-0.1, -0.05) is 0 Å². The molecule has 0 N–H and O–H groups in total. The van der Waals surface area contributed by atoms with Gasteiger partial charge in [0.15, 0.2) is 0 Å². The Morgan fingerprint density at radius 3 is 2.38 bits per heavy atom. The molecule has 0 bridgehead atoms. The normalized spacial score (nSPS) is 22.4. The van der Waals surface area contributed by atoms with E-state index in [9.17, 15) is 4.79 Å². The molecule has 0 aliphatic heterocycles. The SMILES string of the molecule is CO[Si](CCC1CCCC(=O)C1)(OC)OC. The van der Waals surface area contributed by atoms with Crippen molar-refractivity contribution < 1.29 is 18.1 Å². The zero-order chi connectivity index (χ0) is 12.0. The zero-order valence-corrected chi connectivity index (χ0v) is 11.5. The summed E-state index contributed by atoms with van der Waals surface area (Å²) >= 11 is 0. The Balaban J connectivity index is 2.39. The van der Waals surface area contributed by atoms with E-state index in [0.29, 0.717) is 11.7 Å². The third kappa shape index (κ3) is 3.66. The molecule has 1 unspecified atom stereocenters. The van der Waals surface area contributed by atoms with Crippen LogP contribution in [0, 0.1) is 5.92 Å². The Labute approximate surface area is 98.6 Å². The quantitative estimate of drug-likeness (QED) is 0.673. The summed E-state index contributed by atoms with van der Waals surface area (Å²) in [7, 11) is 2.46. The first-order valence-electron chi connectivity index (χ1n) is 5.83. The molecule has 0 aromatic heterocycles. The van der Waals surface area contributed by atoms with Crippen LogP contribution in [-0.4, -0.2) is 35.9 Å². The predicted molar refractivity (Wildman–Crippen MR) is 63.2 cm³/mol. The lowest BCUT2D eigenvalue weighted by Crippen LogP contribution is -2.43. The highest BCUT2D eigenvalue weighted by atomic mass is 28.4. The van der Waals surface area contributed by atoms with Crippen molar-refractivity contribution in [2.24, 2.45) is 5.92 Å². The molecule has 1 aliphatic carbocycles. The highest BCUT2D eigenvalue weighted by Crippen LogP contribution is 2.28. The van der Waals surface area contributed by atoms with Crippen molar-refractivity contribution in [2.45, 2.75) is 38.1 Å². The molecule has 4 nitrogen and oxygen atoms in total. The van der Waals surface area contributed by atoms with E-state index in [2.05, 4.69) is 0 Å². The Morgan fingerprint density at radius 1 is 1.25 bits per heavy atom. The van der Waals surface area contributed by atoms with Crippen molar-refractivity contribution >= 4 is 14.6 Å². The Bertz CT molecular complexity index is 220. The minimum absolute atomic E-state index is 0.399. The van der Waals surface area contributed by atoms with Crippen LogP contribution < -0.4 is 0 Å². The van der Waals surface area contributed by atoms with E-state index in [1.54, 1.807) is 21.3 Å². The van der Waals surface area contributed by atoms with Gasteiger partial charge in [0.05, 0.1) is 0 Å². The van der Waals surface area contributed by atoms with Crippen molar-refractivity contribution in [2.75, 3.05) is 21.3 Å². The second-order valence-corrected chi connectivity index (χ2v) is 7.43. The van der Waals surface area contributed by atoms with E-state index in [1.807, 2.05) is 0 Å². The minimum Gasteiger partial charge on any atom is -0.377 e. The summed E-state index contributed by atoms with van der Waals surface area (Å²) in [6, 6.07) is 0.800. The minimum atomic E-state index is -2.43. The second-order valence-electron chi connectivity index (χ2n) is 4.34. The van der Waals surface area contributed by atoms with Crippen LogP contribution in [-0.2, 0) is 18.1 Å². The molecule has 1 rings (SSSR count). The van der Waals surface area contributed by atoms with Gasteiger partial charge in [0.2, 0.25) is 0 Å². The van der Waals surface area contributed by atoms with Gasteiger partial charge in [0.25, 0.3) is 0 Å². The van der Waals surface area contributed by atoms with Crippen LogP contribution in [0.1, 0.15) is 32.1 Å². The molecule has 5 heteroatoms. The van der Waals surface area contributed by atoms with E-state index in [-0.39, 0.29) is 0 Å². The zero-order valence-electron chi connectivity index (χ0n) is 10.5. The molecule has 1 aliphatic rings. The number of Topliss-reactive ketones (excluding diaryl/α,β-unsaturated/α-hetero) is 1. The number of rotatable bonds is 6. The smallest absolute Gasteiger partial charge is 0.377 e. The number of ketones is 1. The lowest BCUT2D eigenvalue weighted by molar-refractivity contribution is -0.121. The largest absolute Gasteiger partial charge is 0.500 e. The highest BCUT2D eigenvalue weighted by Gasteiger charge is 2.38. The van der Waals surface area contributed by atoms with Gasteiger partial charge < -0.3 is 13.3 Å². The lowest BCUT2D eigenvalue weighted by Gasteiger charge is -2.27. The second kappa shape index (κ2) is 6.49. The summed E-state index contributed by atoms with van der Waals surface area (Å²) in [4.78, 5) is 11.3. The van der Waals surface area contributed by atoms with Gasteiger partial charge in [-0.25, -0.2) is 0 Å². The van der Waals surface area contributed by atoms with E-state index >= 15 is 0 Å². The topological polar surface area (TPSA) is 44.8 Å².